The van der Waals surface area contributed by atoms with Gasteiger partial charge in [-0.05, 0) is 35.6 Å². The molecule has 1 aromatic rings. The van der Waals surface area contributed by atoms with Gasteiger partial charge in [0.2, 0.25) is 0 Å². The molecule has 0 spiro atoms. The highest BCUT2D eigenvalue weighted by Crippen LogP contribution is 2.26. The Bertz CT molecular complexity index is 853. The van der Waals surface area contributed by atoms with Gasteiger partial charge in [-0.15, -0.1) is 0 Å². The van der Waals surface area contributed by atoms with E-state index in [4.69, 9.17) is 5.41 Å². The molecule has 7 heteroatoms. The third-order valence-electron chi connectivity index (χ3n) is 4.49. The van der Waals surface area contributed by atoms with E-state index in [-0.39, 0.29) is 18.1 Å². The first-order valence-corrected chi connectivity index (χ1v) is 8.47. The molecule has 4 rings (SSSR count). The van der Waals surface area contributed by atoms with E-state index in [0.29, 0.717) is 12.2 Å². The van der Waals surface area contributed by atoms with Crippen molar-refractivity contribution < 1.29 is 4.79 Å². The lowest BCUT2D eigenvalue weighted by molar-refractivity contribution is -0.118. The predicted octanol–water partition coefficient (Wildman–Crippen LogP) is 0.989. The highest BCUT2D eigenvalue weighted by Gasteiger charge is 2.33. The second-order valence-electron chi connectivity index (χ2n) is 6.13. The third kappa shape index (κ3) is 3.00. The van der Waals surface area contributed by atoms with E-state index in [2.05, 4.69) is 21.4 Å². The van der Waals surface area contributed by atoms with Gasteiger partial charge < -0.3 is 21.4 Å². The molecule has 1 amide bonds. The Morgan fingerprint density at radius 2 is 2.19 bits per heavy atom. The van der Waals surface area contributed by atoms with Crippen molar-refractivity contribution in [2.45, 2.75) is 12.2 Å². The Balaban J connectivity index is 1.52. The summed E-state index contributed by atoms with van der Waals surface area (Å²) in [6.45, 7) is 0.694. The van der Waals surface area contributed by atoms with Crippen LogP contribution in [0.5, 0.6) is 0 Å². The maximum absolute atomic E-state index is 12.7. The minimum absolute atomic E-state index is 0.113. The zero-order valence-corrected chi connectivity index (χ0v) is 14.1. The van der Waals surface area contributed by atoms with E-state index in [0.717, 1.165) is 16.8 Å². The molecule has 0 radical (unpaired) electrons. The first-order chi connectivity index (χ1) is 12.8. The number of dihydropyridines is 1. The topological polar surface area (TPSA) is 92.3 Å². The van der Waals surface area contributed by atoms with Crippen LogP contribution < -0.4 is 21.4 Å². The molecule has 5 N–H and O–H groups in total. The van der Waals surface area contributed by atoms with Crippen LogP contribution in [-0.4, -0.2) is 29.8 Å². The Labute approximate surface area is 151 Å². The maximum atomic E-state index is 12.7. The number of hydrogen-bond acceptors (Lipinski definition) is 6. The standard InChI is InChI=1S/C19H20N6O/c20-11-13-3-1-2-4-15(13)16-5-6-18-22-12-17(25(18)24-16)19(26)23-14-7-9-21-10-8-14/h1-9,11-12,16,18,20-22,24H,10H2,(H,23,26). The van der Waals surface area contributed by atoms with Gasteiger partial charge in [0.05, 0.1) is 6.04 Å². The molecule has 7 nitrogen and oxygen atoms in total. The summed E-state index contributed by atoms with van der Waals surface area (Å²) in [6, 6.07) is 7.64. The van der Waals surface area contributed by atoms with E-state index in [9.17, 15) is 4.79 Å². The van der Waals surface area contributed by atoms with Crippen LogP contribution in [-0.2, 0) is 4.79 Å². The molecule has 26 heavy (non-hydrogen) atoms. The molecule has 0 fully saturated rings. The number of carbonyl (C=O) groups is 1. The van der Waals surface area contributed by atoms with E-state index in [1.165, 1.54) is 6.21 Å². The number of amides is 1. The second kappa shape index (κ2) is 6.89. The van der Waals surface area contributed by atoms with Crippen molar-refractivity contribution in [2.75, 3.05) is 6.54 Å². The number of rotatable bonds is 4. The Morgan fingerprint density at radius 3 is 3.00 bits per heavy atom. The van der Waals surface area contributed by atoms with Crippen molar-refractivity contribution in [1.82, 2.24) is 26.4 Å². The molecular weight excluding hydrogens is 328 g/mol. The lowest BCUT2D eigenvalue weighted by Crippen LogP contribution is -2.51. The number of benzene rings is 1. The highest BCUT2D eigenvalue weighted by atomic mass is 16.2. The van der Waals surface area contributed by atoms with Gasteiger partial charge in [-0.3, -0.25) is 9.80 Å². The molecule has 3 heterocycles. The number of hydrazine groups is 1. The first-order valence-electron chi connectivity index (χ1n) is 8.47. The average molecular weight is 348 g/mol. The SMILES string of the molecule is N=Cc1ccccc1C1C=CC2NC=C(C(=O)NC3=CCNC=C3)N2N1. The summed E-state index contributed by atoms with van der Waals surface area (Å²) in [5, 5.41) is 18.6. The summed E-state index contributed by atoms with van der Waals surface area (Å²) in [4.78, 5) is 12.7. The molecule has 0 aliphatic carbocycles. The largest absolute Gasteiger partial charge is 0.387 e. The molecule has 0 saturated heterocycles. The van der Waals surface area contributed by atoms with Crippen LogP contribution in [0.2, 0.25) is 0 Å². The van der Waals surface area contributed by atoms with Gasteiger partial charge in [0.25, 0.3) is 5.91 Å². The van der Waals surface area contributed by atoms with Crippen LogP contribution in [0.15, 0.2) is 72.4 Å². The summed E-state index contributed by atoms with van der Waals surface area (Å²) >= 11 is 0. The lowest BCUT2D eigenvalue weighted by Gasteiger charge is -2.35. The van der Waals surface area contributed by atoms with E-state index in [1.54, 1.807) is 6.20 Å². The third-order valence-corrected chi connectivity index (χ3v) is 4.49. The number of fused-ring (bicyclic) bond motifs is 1. The normalized spacial score (nSPS) is 23.3. The van der Waals surface area contributed by atoms with E-state index in [1.807, 2.05) is 59.8 Å². The number of nitrogens with one attached hydrogen (secondary N) is 5. The Kier molecular flexibility index (Phi) is 4.28. The van der Waals surface area contributed by atoms with E-state index < -0.39 is 0 Å². The molecule has 132 valence electrons. The number of hydrogen-bond donors (Lipinski definition) is 5. The summed E-state index contributed by atoms with van der Waals surface area (Å²) in [5.74, 6) is -0.181. The van der Waals surface area contributed by atoms with Crippen LogP contribution in [0.25, 0.3) is 0 Å². The van der Waals surface area contributed by atoms with Gasteiger partial charge in [0, 0.05) is 24.7 Å². The number of allylic oxidation sites excluding steroid dienone is 1. The van der Waals surface area contributed by atoms with Gasteiger partial charge >= 0.3 is 0 Å². The minimum atomic E-state index is -0.181. The minimum Gasteiger partial charge on any atom is -0.387 e. The molecular formula is C19H20N6O. The van der Waals surface area contributed by atoms with Crippen LogP contribution >= 0.6 is 0 Å². The quantitative estimate of drug-likeness (QED) is 0.413. The lowest BCUT2D eigenvalue weighted by atomic mass is 10.00. The molecule has 3 aliphatic rings. The van der Waals surface area contributed by atoms with Gasteiger partial charge in [-0.25, -0.2) is 5.43 Å². The fourth-order valence-corrected chi connectivity index (χ4v) is 3.17. The Morgan fingerprint density at radius 1 is 1.31 bits per heavy atom. The molecule has 1 aromatic carbocycles. The molecule has 2 atom stereocenters. The smallest absolute Gasteiger partial charge is 0.274 e. The number of nitrogens with zero attached hydrogens (tertiary/aromatic N) is 1. The maximum Gasteiger partial charge on any atom is 0.274 e. The van der Waals surface area contributed by atoms with Crippen molar-refractivity contribution in [3.63, 3.8) is 0 Å². The van der Waals surface area contributed by atoms with Gasteiger partial charge in [-0.2, -0.15) is 0 Å². The fourth-order valence-electron chi connectivity index (χ4n) is 3.17. The zero-order chi connectivity index (χ0) is 17.9. The monoisotopic (exact) mass is 348 g/mol. The summed E-state index contributed by atoms with van der Waals surface area (Å²) in [5.41, 5.74) is 6.51. The first kappa shape index (κ1) is 16.2. The van der Waals surface area contributed by atoms with Gasteiger partial charge in [0.15, 0.2) is 0 Å². The molecule has 0 aromatic heterocycles. The van der Waals surface area contributed by atoms with Crippen LogP contribution in [0.4, 0.5) is 0 Å². The van der Waals surface area contributed by atoms with Crippen molar-refractivity contribution in [3.05, 3.63) is 83.5 Å². The zero-order valence-electron chi connectivity index (χ0n) is 14.1. The highest BCUT2D eigenvalue weighted by molar-refractivity contribution is 5.94. The predicted molar refractivity (Wildman–Crippen MR) is 99.6 cm³/mol. The van der Waals surface area contributed by atoms with Crippen molar-refractivity contribution in [2.24, 2.45) is 0 Å². The summed E-state index contributed by atoms with van der Waals surface area (Å²) in [6.07, 6.45) is 12.6. The van der Waals surface area contributed by atoms with Gasteiger partial charge in [-0.1, -0.05) is 30.3 Å². The Hall–Kier alpha value is -3.32. The summed E-state index contributed by atoms with van der Waals surface area (Å²) in [7, 11) is 0. The molecule has 0 saturated carbocycles. The molecule has 3 aliphatic heterocycles. The van der Waals surface area contributed by atoms with Gasteiger partial charge in [0.1, 0.15) is 11.9 Å². The van der Waals surface area contributed by atoms with Crippen LogP contribution in [0.1, 0.15) is 17.2 Å². The average Bonchev–Trinajstić information content (AvgIpc) is 3.12. The van der Waals surface area contributed by atoms with E-state index >= 15 is 0 Å². The van der Waals surface area contributed by atoms with Crippen LogP contribution in [0.3, 0.4) is 0 Å². The molecule has 0 bridgehead atoms. The number of carbonyl (C=O) groups excluding carboxylic acids is 1. The van der Waals surface area contributed by atoms with Crippen molar-refractivity contribution in [1.29, 1.82) is 5.41 Å². The second-order valence-corrected chi connectivity index (χ2v) is 6.13. The fraction of sp³-hybridized carbons (Fsp3) is 0.158. The van der Waals surface area contributed by atoms with Crippen molar-refractivity contribution >= 4 is 12.1 Å². The molecule has 2 unspecified atom stereocenters. The summed E-state index contributed by atoms with van der Waals surface area (Å²) < 4.78 is 0. The van der Waals surface area contributed by atoms with Crippen LogP contribution in [0, 0.1) is 5.41 Å². The van der Waals surface area contributed by atoms with Crippen molar-refractivity contribution in [3.8, 4) is 0 Å².